The van der Waals surface area contributed by atoms with Crippen molar-refractivity contribution in [3.05, 3.63) is 17.7 Å². The number of hydrogen-bond acceptors (Lipinski definition) is 5. The number of nitrogens with one attached hydrogen (secondary N) is 1. The molecule has 25 heavy (non-hydrogen) atoms. The highest BCUT2D eigenvalue weighted by atomic mass is 16.5. The number of unbranched alkanes of at least 4 members (excludes halogenated alkanes) is 1. The predicted molar refractivity (Wildman–Crippen MR) is 96.8 cm³/mol. The maximum atomic E-state index is 11.9. The summed E-state index contributed by atoms with van der Waals surface area (Å²) in [6.07, 6.45) is 4.95. The Bertz CT molecular complexity index is 534. The maximum Gasteiger partial charge on any atom is 0.220 e. The van der Waals surface area contributed by atoms with Crippen LogP contribution >= 0.6 is 0 Å². The van der Waals surface area contributed by atoms with Crippen molar-refractivity contribution in [1.82, 2.24) is 5.32 Å². The van der Waals surface area contributed by atoms with Crippen LogP contribution in [0.15, 0.2) is 12.1 Å². The summed E-state index contributed by atoms with van der Waals surface area (Å²) >= 11 is 0. The Morgan fingerprint density at radius 2 is 1.84 bits per heavy atom. The fourth-order valence-corrected chi connectivity index (χ4v) is 2.47. The zero-order valence-corrected chi connectivity index (χ0v) is 15.6. The lowest BCUT2D eigenvalue weighted by Gasteiger charge is -2.14. The van der Waals surface area contributed by atoms with Gasteiger partial charge >= 0.3 is 0 Å². The van der Waals surface area contributed by atoms with Gasteiger partial charge in [-0.05, 0) is 19.8 Å². The second-order valence-electron chi connectivity index (χ2n) is 5.92. The van der Waals surface area contributed by atoms with Crippen molar-refractivity contribution in [3.63, 3.8) is 0 Å². The van der Waals surface area contributed by atoms with Gasteiger partial charge in [-0.3, -0.25) is 9.59 Å². The number of ether oxygens (including phenoxy) is 3. The zero-order valence-electron chi connectivity index (χ0n) is 15.6. The number of methoxy groups -OCH3 is 2. The normalized spacial score (nSPS) is 11.5. The number of benzene rings is 1. The van der Waals surface area contributed by atoms with Crippen LogP contribution in [0.3, 0.4) is 0 Å². The van der Waals surface area contributed by atoms with Gasteiger partial charge in [0.2, 0.25) is 5.91 Å². The molecule has 0 heterocycles. The molecule has 1 rings (SSSR count). The molecule has 0 aliphatic carbocycles. The van der Waals surface area contributed by atoms with Crippen LogP contribution in [0, 0.1) is 0 Å². The SMILES string of the molecule is CCCCC(C)NC(=O)CCCOc1cc(OC)c(C=O)c(OC)c1. The average Bonchev–Trinajstić information content (AvgIpc) is 2.62. The summed E-state index contributed by atoms with van der Waals surface area (Å²) in [5.74, 6) is 1.37. The molecule has 0 bridgehead atoms. The van der Waals surface area contributed by atoms with E-state index in [4.69, 9.17) is 14.2 Å². The van der Waals surface area contributed by atoms with Crippen LogP contribution in [0.1, 0.15) is 56.3 Å². The molecular weight excluding hydrogens is 322 g/mol. The van der Waals surface area contributed by atoms with Crippen molar-refractivity contribution in [2.24, 2.45) is 0 Å². The Kier molecular flexibility index (Phi) is 9.43. The lowest BCUT2D eigenvalue weighted by atomic mass is 10.1. The minimum Gasteiger partial charge on any atom is -0.496 e. The van der Waals surface area contributed by atoms with Crippen LogP contribution in [0.25, 0.3) is 0 Å². The van der Waals surface area contributed by atoms with E-state index in [0.29, 0.717) is 48.5 Å². The molecule has 0 spiro atoms. The van der Waals surface area contributed by atoms with E-state index in [-0.39, 0.29) is 11.9 Å². The Morgan fingerprint density at radius 3 is 2.36 bits per heavy atom. The minimum absolute atomic E-state index is 0.0404. The smallest absolute Gasteiger partial charge is 0.220 e. The monoisotopic (exact) mass is 351 g/mol. The first-order chi connectivity index (χ1) is 12.0. The van der Waals surface area contributed by atoms with Gasteiger partial charge in [-0.25, -0.2) is 0 Å². The largest absolute Gasteiger partial charge is 0.496 e. The quantitative estimate of drug-likeness (QED) is 0.462. The van der Waals surface area contributed by atoms with Crippen LogP contribution in [-0.2, 0) is 4.79 Å². The predicted octanol–water partition coefficient (Wildman–Crippen LogP) is 3.37. The summed E-state index contributed by atoms with van der Waals surface area (Å²) in [6.45, 7) is 4.55. The minimum atomic E-state index is 0.0404. The second-order valence-corrected chi connectivity index (χ2v) is 5.92. The van der Waals surface area contributed by atoms with E-state index in [1.54, 1.807) is 12.1 Å². The van der Waals surface area contributed by atoms with E-state index in [0.717, 1.165) is 19.3 Å². The molecule has 1 unspecified atom stereocenters. The van der Waals surface area contributed by atoms with Gasteiger partial charge in [-0.2, -0.15) is 0 Å². The third-order valence-corrected chi connectivity index (χ3v) is 3.85. The number of carbonyl (C=O) groups is 2. The van der Waals surface area contributed by atoms with Crippen molar-refractivity contribution in [2.75, 3.05) is 20.8 Å². The van der Waals surface area contributed by atoms with E-state index in [1.165, 1.54) is 14.2 Å². The van der Waals surface area contributed by atoms with Crippen LogP contribution in [-0.4, -0.2) is 39.1 Å². The highest BCUT2D eigenvalue weighted by Gasteiger charge is 2.13. The van der Waals surface area contributed by atoms with E-state index >= 15 is 0 Å². The molecule has 0 radical (unpaired) electrons. The van der Waals surface area contributed by atoms with Gasteiger partial charge in [0, 0.05) is 24.6 Å². The maximum absolute atomic E-state index is 11.9. The summed E-state index contributed by atoms with van der Waals surface area (Å²) in [7, 11) is 2.96. The number of carbonyl (C=O) groups excluding carboxylic acids is 2. The standard InChI is InChI=1S/C19H29NO5/c1-5-6-8-14(2)20-19(22)9-7-10-25-15-11-17(23-3)16(13-21)18(12-15)24-4/h11-14H,5-10H2,1-4H3,(H,20,22). The summed E-state index contributed by atoms with van der Waals surface area (Å²) in [5, 5.41) is 2.99. The zero-order chi connectivity index (χ0) is 18.7. The lowest BCUT2D eigenvalue weighted by molar-refractivity contribution is -0.121. The number of hydrogen-bond donors (Lipinski definition) is 1. The van der Waals surface area contributed by atoms with Gasteiger partial charge in [0.1, 0.15) is 17.2 Å². The molecule has 0 saturated heterocycles. The molecule has 0 aromatic heterocycles. The van der Waals surface area contributed by atoms with Gasteiger partial charge in [0.05, 0.1) is 26.4 Å². The molecule has 0 aliphatic heterocycles. The molecule has 1 aromatic carbocycles. The second kappa shape index (κ2) is 11.3. The van der Waals surface area contributed by atoms with Crippen LogP contribution in [0.5, 0.6) is 17.2 Å². The molecule has 1 N–H and O–H groups in total. The molecule has 0 saturated carbocycles. The molecular formula is C19H29NO5. The van der Waals surface area contributed by atoms with E-state index in [1.807, 2.05) is 6.92 Å². The van der Waals surface area contributed by atoms with Crippen molar-refractivity contribution in [3.8, 4) is 17.2 Å². The average molecular weight is 351 g/mol. The fraction of sp³-hybridized carbons (Fsp3) is 0.579. The van der Waals surface area contributed by atoms with Crippen molar-refractivity contribution < 1.29 is 23.8 Å². The Balaban J connectivity index is 2.46. The first kappa shape index (κ1) is 20.8. The summed E-state index contributed by atoms with van der Waals surface area (Å²) < 4.78 is 16.0. The van der Waals surface area contributed by atoms with Crippen molar-refractivity contribution >= 4 is 12.2 Å². The molecule has 1 atom stereocenters. The Labute approximate surface area is 149 Å². The van der Waals surface area contributed by atoms with E-state index in [9.17, 15) is 9.59 Å². The van der Waals surface area contributed by atoms with Crippen molar-refractivity contribution in [2.45, 2.75) is 52.0 Å². The van der Waals surface area contributed by atoms with Gasteiger partial charge in [-0.1, -0.05) is 19.8 Å². The molecule has 0 fully saturated rings. The van der Waals surface area contributed by atoms with Crippen LogP contribution in [0.4, 0.5) is 0 Å². The molecule has 6 nitrogen and oxygen atoms in total. The molecule has 140 valence electrons. The first-order valence-corrected chi connectivity index (χ1v) is 8.69. The number of amides is 1. The molecule has 1 amide bonds. The summed E-state index contributed by atoms with van der Waals surface area (Å²) in [4.78, 5) is 23.0. The lowest BCUT2D eigenvalue weighted by Crippen LogP contribution is -2.32. The van der Waals surface area contributed by atoms with Crippen LogP contribution < -0.4 is 19.5 Å². The molecule has 6 heteroatoms. The fourth-order valence-electron chi connectivity index (χ4n) is 2.47. The topological polar surface area (TPSA) is 73.9 Å². The number of aldehydes is 1. The first-order valence-electron chi connectivity index (χ1n) is 8.69. The molecule has 1 aromatic rings. The summed E-state index contributed by atoms with van der Waals surface area (Å²) in [6, 6.07) is 3.48. The Morgan fingerprint density at radius 1 is 1.20 bits per heavy atom. The van der Waals surface area contributed by atoms with Gasteiger partial charge in [0.25, 0.3) is 0 Å². The van der Waals surface area contributed by atoms with E-state index in [2.05, 4.69) is 12.2 Å². The van der Waals surface area contributed by atoms with Gasteiger partial charge < -0.3 is 19.5 Å². The molecule has 0 aliphatic rings. The highest BCUT2D eigenvalue weighted by molar-refractivity contribution is 5.84. The van der Waals surface area contributed by atoms with Crippen LogP contribution in [0.2, 0.25) is 0 Å². The van der Waals surface area contributed by atoms with Gasteiger partial charge in [0.15, 0.2) is 6.29 Å². The third-order valence-electron chi connectivity index (χ3n) is 3.85. The van der Waals surface area contributed by atoms with Crippen molar-refractivity contribution in [1.29, 1.82) is 0 Å². The van der Waals surface area contributed by atoms with E-state index < -0.39 is 0 Å². The van der Waals surface area contributed by atoms with Gasteiger partial charge in [-0.15, -0.1) is 0 Å². The third kappa shape index (κ3) is 7.03. The number of rotatable bonds is 12. The summed E-state index contributed by atoms with van der Waals surface area (Å²) in [5.41, 5.74) is 0.345. The Hall–Kier alpha value is -2.24. The highest BCUT2D eigenvalue weighted by Crippen LogP contribution is 2.32.